The molecule has 1 aromatic heterocycles. The van der Waals surface area contributed by atoms with Crippen LogP contribution >= 0.6 is 11.3 Å². The van der Waals surface area contributed by atoms with Crippen LogP contribution in [0.15, 0.2) is 46.7 Å². The first-order valence-electron chi connectivity index (χ1n) is 10.3. The van der Waals surface area contributed by atoms with Crippen LogP contribution in [0.1, 0.15) is 27.0 Å². The topological polar surface area (TPSA) is 88.6 Å². The highest BCUT2D eigenvalue weighted by molar-refractivity contribution is 7.89. The first kappa shape index (κ1) is 22.6. The van der Waals surface area contributed by atoms with E-state index in [1.807, 2.05) is 19.2 Å². The van der Waals surface area contributed by atoms with Crippen LogP contribution in [-0.4, -0.2) is 49.9 Å². The number of aromatic nitrogens is 1. The normalized spacial score (nSPS) is 15.0. The number of hydrogen-bond acceptors (Lipinski definition) is 6. The number of carbonyl (C=O) groups excluding carboxylic acids is 1. The van der Waals surface area contributed by atoms with Crippen LogP contribution in [0.25, 0.3) is 11.3 Å². The Kier molecular flexibility index (Phi) is 6.43. The summed E-state index contributed by atoms with van der Waals surface area (Å²) in [5.74, 6) is -0.401. The van der Waals surface area contributed by atoms with E-state index in [-0.39, 0.29) is 10.5 Å². The largest absolute Gasteiger partial charge is 0.379 e. The number of hydrogen-bond donors (Lipinski definition) is 1. The molecule has 0 aliphatic carbocycles. The molecular weight excluding hydrogens is 446 g/mol. The highest BCUT2D eigenvalue weighted by atomic mass is 32.2. The third-order valence-corrected chi connectivity index (χ3v) is 8.01. The Morgan fingerprint density at radius 3 is 2.47 bits per heavy atom. The predicted molar refractivity (Wildman–Crippen MR) is 126 cm³/mol. The SMILES string of the molecule is Cc1cc(C)c(-c2csc(NC(=O)c3cccc(S(=O)(=O)N4CCOCC4)c3)n2)c(C)c1. The van der Waals surface area contributed by atoms with Gasteiger partial charge in [0.15, 0.2) is 5.13 Å². The molecule has 1 aliphatic heterocycles. The van der Waals surface area contributed by atoms with Crippen LogP contribution in [0.4, 0.5) is 5.13 Å². The minimum atomic E-state index is -3.68. The molecule has 2 heterocycles. The summed E-state index contributed by atoms with van der Waals surface area (Å²) >= 11 is 1.34. The van der Waals surface area contributed by atoms with Crippen molar-refractivity contribution >= 4 is 32.4 Å². The molecule has 1 amide bonds. The van der Waals surface area contributed by atoms with Crippen molar-refractivity contribution in [2.75, 3.05) is 31.6 Å². The maximum absolute atomic E-state index is 12.9. The van der Waals surface area contributed by atoms with Gasteiger partial charge >= 0.3 is 0 Å². The van der Waals surface area contributed by atoms with Crippen molar-refractivity contribution in [3.05, 3.63) is 64.0 Å². The minimum Gasteiger partial charge on any atom is -0.379 e. The van der Waals surface area contributed by atoms with E-state index < -0.39 is 15.9 Å². The van der Waals surface area contributed by atoms with Gasteiger partial charge in [0.05, 0.1) is 23.8 Å². The second-order valence-electron chi connectivity index (χ2n) is 7.81. The molecule has 2 aromatic carbocycles. The van der Waals surface area contributed by atoms with Crippen LogP contribution in [0.5, 0.6) is 0 Å². The van der Waals surface area contributed by atoms with E-state index >= 15 is 0 Å². The number of nitrogens with zero attached hydrogens (tertiary/aromatic N) is 2. The average molecular weight is 472 g/mol. The number of thiazole rings is 1. The maximum Gasteiger partial charge on any atom is 0.257 e. The predicted octanol–water partition coefficient (Wildman–Crippen LogP) is 4.01. The number of carbonyl (C=O) groups is 1. The van der Waals surface area contributed by atoms with Crippen molar-refractivity contribution in [1.29, 1.82) is 0 Å². The zero-order valence-electron chi connectivity index (χ0n) is 18.2. The second-order valence-corrected chi connectivity index (χ2v) is 10.6. The number of morpholine rings is 1. The third-order valence-electron chi connectivity index (χ3n) is 5.36. The summed E-state index contributed by atoms with van der Waals surface area (Å²) < 4.78 is 32.4. The Balaban J connectivity index is 1.54. The van der Waals surface area contributed by atoms with Crippen LogP contribution in [0.3, 0.4) is 0 Å². The molecule has 1 aliphatic rings. The van der Waals surface area contributed by atoms with Gasteiger partial charge in [-0.2, -0.15) is 4.31 Å². The van der Waals surface area contributed by atoms with Gasteiger partial charge < -0.3 is 4.74 Å². The lowest BCUT2D eigenvalue weighted by Crippen LogP contribution is -2.40. The van der Waals surface area contributed by atoms with E-state index in [0.717, 1.165) is 22.4 Å². The van der Waals surface area contributed by atoms with Gasteiger partial charge in [-0.3, -0.25) is 10.1 Å². The molecule has 168 valence electrons. The Labute approximate surface area is 192 Å². The van der Waals surface area contributed by atoms with Crippen molar-refractivity contribution in [3.63, 3.8) is 0 Å². The fourth-order valence-corrected chi connectivity index (χ4v) is 6.08. The Bertz CT molecular complexity index is 1240. The maximum atomic E-state index is 12.9. The van der Waals surface area contributed by atoms with Gasteiger partial charge in [0.25, 0.3) is 5.91 Å². The Morgan fingerprint density at radius 1 is 1.09 bits per heavy atom. The van der Waals surface area contributed by atoms with Gasteiger partial charge in [0, 0.05) is 29.6 Å². The van der Waals surface area contributed by atoms with Gasteiger partial charge in [-0.15, -0.1) is 11.3 Å². The number of sulfonamides is 1. The highest BCUT2D eigenvalue weighted by Gasteiger charge is 2.27. The summed E-state index contributed by atoms with van der Waals surface area (Å²) in [7, 11) is -3.68. The van der Waals surface area contributed by atoms with Gasteiger partial charge in [0.2, 0.25) is 10.0 Å². The summed E-state index contributed by atoms with van der Waals surface area (Å²) in [6, 6.07) is 10.3. The first-order chi connectivity index (χ1) is 15.3. The molecule has 0 saturated carbocycles. The molecule has 0 atom stereocenters. The molecule has 1 fully saturated rings. The molecule has 3 aromatic rings. The number of anilines is 1. The van der Waals surface area contributed by atoms with E-state index in [4.69, 9.17) is 4.74 Å². The highest BCUT2D eigenvalue weighted by Crippen LogP contribution is 2.31. The number of amides is 1. The lowest BCUT2D eigenvalue weighted by Gasteiger charge is -2.26. The van der Waals surface area contributed by atoms with Crippen LogP contribution in [-0.2, 0) is 14.8 Å². The molecule has 32 heavy (non-hydrogen) atoms. The van der Waals surface area contributed by atoms with Gasteiger partial charge in [-0.1, -0.05) is 23.8 Å². The van der Waals surface area contributed by atoms with Crippen molar-refractivity contribution in [3.8, 4) is 11.3 Å². The number of benzene rings is 2. The van der Waals surface area contributed by atoms with Crippen LogP contribution in [0.2, 0.25) is 0 Å². The summed E-state index contributed by atoms with van der Waals surface area (Å²) in [6.45, 7) is 7.50. The van der Waals surface area contributed by atoms with Gasteiger partial charge in [0.1, 0.15) is 0 Å². The molecule has 0 unspecified atom stereocenters. The lowest BCUT2D eigenvalue weighted by molar-refractivity contribution is 0.0730. The molecule has 1 N–H and O–H groups in total. The van der Waals surface area contributed by atoms with Gasteiger partial charge in [-0.25, -0.2) is 13.4 Å². The van der Waals surface area contributed by atoms with E-state index in [9.17, 15) is 13.2 Å². The average Bonchev–Trinajstić information content (AvgIpc) is 3.21. The molecule has 0 spiro atoms. The molecular formula is C23H25N3O4S2. The summed E-state index contributed by atoms with van der Waals surface area (Å²) in [5, 5.41) is 5.18. The monoisotopic (exact) mass is 471 g/mol. The van der Waals surface area contributed by atoms with Crippen molar-refractivity contribution in [1.82, 2.24) is 9.29 Å². The standard InChI is InChI=1S/C23H25N3O4S2/c1-15-11-16(2)21(17(3)12-15)20-14-31-23(24-20)25-22(27)18-5-4-6-19(13-18)32(28,29)26-7-9-30-10-8-26/h4-6,11-14H,7-10H2,1-3H3,(H,24,25,27). The zero-order valence-corrected chi connectivity index (χ0v) is 19.8. The third kappa shape index (κ3) is 4.61. The quantitative estimate of drug-likeness (QED) is 0.607. The smallest absolute Gasteiger partial charge is 0.257 e. The van der Waals surface area contributed by atoms with Crippen molar-refractivity contribution in [2.45, 2.75) is 25.7 Å². The van der Waals surface area contributed by atoms with Crippen LogP contribution < -0.4 is 5.32 Å². The summed E-state index contributed by atoms with van der Waals surface area (Å²) in [5.41, 5.74) is 5.59. The van der Waals surface area contributed by atoms with Crippen molar-refractivity contribution in [2.24, 2.45) is 0 Å². The van der Waals surface area contributed by atoms with Crippen molar-refractivity contribution < 1.29 is 17.9 Å². The van der Waals surface area contributed by atoms with Gasteiger partial charge in [-0.05, 0) is 50.1 Å². The lowest BCUT2D eigenvalue weighted by atomic mass is 9.98. The molecule has 7 nitrogen and oxygen atoms in total. The fourth-order valence-electron chi connectivity index (χ4n) is 3.93. The first-order valence-corrected chi connectivity index (χ1v) is 12.6. The number of ether oxygens (including phenoxy) is 1. The fraction of sp³-hybridized carbons (Fsp3) is 0.304. The van der Waals surface area contributed by atoms with Crippen LogP contribution in [0, 0.1) is 20.8 Å². The van der Waals surface area contributed by atoms with E-state index in [0.29, 0.717) is 31.4 Å². The zero-order chi connectivity index (χ0) is 22.9. The Hall–Kier alpha value is -2.59. The van der Waals surface area contributed by atoms with E-state index in [2.05, 4.69) is 29.4 Å². The summed E-state index contributed by atoms with van der Waals surface area (Å²) in [6.07, 6.45) is 0. The molecule has 0 bridgehead atoms. The number of nitrogens with one attached hydrogen (secondary N) is 1. The second kappa shape index (κ2) is 9.11. The molecule has 4 rings (SSSR count). The minimum absolute atomic E-state index is 0.0952. The summed E-state index contributed by atoms with van der Waals surface area (Å²) in [4.78, 5) is 17.5. The number of aryl methyl sites for hydroxylation is 3. The Morgan fingerprint density at radius 2 is 1.78 bits per heavy atom. The molecule has 9 heteroatoms. The van der Waals surface area contributed by atoms with E-state index in [1.54, 1.807) is 12.1 Å². The number of rotatable bonds is 5. The molecule has 0 radical (unpaired) electrons. The molecule has 1 saturated heterocycles. The van der Waals surface area contributed by atoms with E-state index in [1.165, 1.54) is 33.3 Å².